The largest absolute Gasteiger partial charge is 0.310 e. The second-order valence-electron chi connectivity index (χ2n) is 28.6. The highest BCUT2D eigenvalue weighted by atomic mass is 15.2. The van der Waals surface area contributed by atoms with Crippen molar-refractivity contribution in [2.75, 3.05) is 9.80 Å². The van der Waals surface area contributed by atoms with Gasteiger partial charge in [0.1, 0.15) is 0 Å². The van der Waals surface area contributed by atoms with Crippen LogP contribution in [0.5, 0.6) is 0 Å². The fourth-order valence-corrected chi connectivity index (χ4v) is 17.1. The summed E-state index contributed by atoms with van der Waals surface area (Å²) in [6, 6.07) is 97.0. The second kappa shape index (κ2) is 28.4. The van der Waals surface area contributed by atoms with Crippen LogP contribution < -0.4 is 9.80 Å². The van der Waals surface area contributed by atoms with Crippen molar-refractivity contribution >= 4 is 83.7 Å². The Morgan fingerprint density at radius 1 is 0.350 bits per heavy atom. The number of anilines is 6. The topological polar surface area (TPSA) is 16.3 Å². The Kier molecular flexibility index (Phi) is 18.6. The molecule has 2 heterocycles. The normalized spacial score (nSPS) is 12.4. The van der Waals surface area contributed by atoms with Crippen molar-refractivity contribution in [1.82, 2.24) is 9.13 Å². The van der Waals surface area contributed by atoms with Crippen LogP contribution in [0.1, 0.15) is 148 Å². The molecular weight excluding hydrogens is 1210 g/mol. The van der Waals surface area contributed by atoms with E-state index in [0.29, 0.717) is 0 Å². The Labute approximate surface area is 593 Å². The number of aromatic nitrogens is 2. The predicted molar refractivity (Wildman–Crippen MR) is 431 cm³/mol. The van der Waals surface area contributed by atoms with Gasteiger partial charge in [-0.15, -0.1) is 0 Å². The Morgan fingerprint density at radius 3 is 1.44 bits per heavy atom. The fourth-order valence-electron chi connectivity index (χ4n) is 17.1. The van der Waals surface area contributed by atoms with Crippen LogP contribution in [0.3, 0.4) is 0 Å². The van der Waals surface area contributed by atoms with Crippen LogP contribution in [0.25, 0.3) is 94.3 Å². The van der Waals surface area contributed by atoms with Crippen LogP contribution in [-0.4, -0.2) is 9.13 Å². The number of rotatable bonds is 25. The van der Waals surface area contributed by atoms with Gasteiger partial charge in [-0.2, -0.15) is 0 Å². The molecule has 0 bridgehead atoms. The Morgan fingerprint density at radius 2 is 0.840 bits per heavy atom. The number of benzene rings is 12. The van der Waals surface area contributed by atoms with Crippen molar-refractivity contribution in [3.05, 3.63) is 306 Å². The number of unbranched alkanes of at least 4 members (excludes halogenated alkanes) is 10. The van der Waals surface area contributed by atoms with Gasteiger partial charge in [0.25, 0.3) is 0 Å². The smallest absolute Gasteiger partial charge is 0.0543 e. The molecular formula is C96H94N4. The highest BCUT2D eigenvalue weighted by Crippen LogP contribution is 2.60. The van der Waals surface area contributed by atoms with Crippen LogP contribution in [-0.2, 0) is 5.41 Å². The zero-order chi connectivity index (χ0) is 68.4. The number of para-hydroxylation sites is 3. The average molecular weight is 1300 g/mol. The molecule has 4 heteroatoms. The highest BCUT2D eigenvalue weighted by molar-refractivity contribution is 6.12. The molecule has 0 saturated heterocycles. The van der Waals surface area contributed by atoms with Gasteiger partial charge in [-0.1, -0.05) is 254 Å². The summed E-state index contributed by atoms with van der Waals surface area (Å²) in [4.78, 5) is 5.20. The fraction of sp³-hybridized carbons (Fsp3) is 0.229. The van der Waals surface area contributed by atoms with Crippen molar-refractivity contribution in [1.29, 1.82) is 0 Å². The average Bonchev–Trinajstić information content (AvgIpc) is 0.949. The summed E-state index contributed by atoms with van der Waals surface area (Å²) >= 11 is 0. The molecule has 498 valence electrons. The first-order valence-corrected chi connectivity index (χ1v) is 37.1. The van der Waals surface area contributed by atoms with Gasteiger partial charge in [0.05, 0.1) is 22.2 Å². The first-order chi connectivity index (χ1) is 49.0. The third-order valence-corrected chi connectivity index (χ3v) is 22.0. The van der Waals surface area contributed by atoms with E-state index in [1.807, 2.05) is 6.08 Å². The van der Waals surface area contributed by atoms with Gasteiger partial charge in [-0.05, 0) is 229 Å². The molecule has 0 radical (unpaired) electrons. The van der Waals surface area contributed by atoms with Crippen molar-refractivity contribution in [2.45, 2.75) is 144 Å². The maximum Gasteiger partial charge on any atom is 0.0543 e. The first-order valence-electron chi connectivity index (χ1n) is 37.1. The summed E-state index contributed by atoms with van der Waals surface area (Å²) in [5, 5.41) is 6.31. The lowest BCUT2D eigenvalue weighted by molar-refractivity contribution is 0.398. The van der Waals surface area contributed by atoms with E-state index >= 15 is 0 Å². The third kappa shape index (κ3) is 12.1. The maximum atomic E-state index is 4.31. The predicted octanol–water partition coefficient (Wildman–Crippen LogP) is 28.1. The van der Waals surface area contributed by atoms with E-state index in [1.54, 1.807) is 0 Å². The molecule has 100 heavy (non-hydrogen) atoms. The van der Waals surface area contributed by atoms with E-state index in [0.717, 1.165) is 48.4 Å². The lowest BCUT2D eigenvalue weighted by Crippen LogP contribution is -2.26. The Balaban J connectivity index is 0.914. The minimum absolute atomic E-state index is 0.275. The third-order valence-electron chi connectivity index (χ3n) is 22.0. The van der Waals surface area contributed by atoms with E-state index < -0.39 is 0 Å². The Hall–Kier alpha value is -10.4. The maximum absolute atomic E-state index is 4.31. The SMILES string of the molecule is C=Cc1c(C)c2cc(-c3cccc(N(c4ccc5c(c4)C(CCCCCCCC)(CCCCCCCC)c4cc(N(c6cccc(-c7ccc8c(c7)c7ccccc7n8-c7ccccc7)c6)c6ccc(C)cc6C)c6ccccc6c4-5)c4ccc(C)cc4C)c3)ccc2n1-c1ccccc1. The molecule has 0 N–H and O–H groups in total. The van der Waals surface area contributed by atoms with Gasteiger partial charge in [0.15, 0.2) is 0 Å². The molecule has 0 atom stereocenters. The van der Waals surface area contributed by atoms with Gasteiger partial charge in [0.2, 0.25) is 0 Å². The van der Waals surface area contributed by atoms with E-state index in [9.17, 15) is 0 Å². The number of hydrogen-bond acceptors (Lipinski definition) is 2. The molecule has 14 aromatic rings. The van der Waals surface area contributed by atoms with Crippen LogP contribution in [0.2, 0.25) is 0 Å². The summed E-state index contributed by atoms with van der Waals surface area (Å²) in [6.07, 6.45) is 19.1. The van der Waals surface area contributed by atoms with E-state index in [-0.39, 0.29) is 5.41 Å². The monoisotopic (exact) mass is 1300 g/mol. The Bertz CT molecular complexity index is 5310. The second-order valence-corrected chi connectivity index (χ2v) is 28.6. The first kappa shape index (κ1) is 65.5. The lowest BCUT2D eigenvalue weighted by Gasteiger charge is -2.36. The van der Waals surface area contributed by atoms with E-state index in [1.165, 1.54) is 208 Å². The molecule has 0 saturated carbocycles. The van der Waals surface area contributed by atoms with Crippen LogP contribution >= 0.6 is 0 Å². The van der Waals surface area contributed by atoms with Crippen LogP contribution in [0.15, 0.2) is 261 Å². The summed E-state index contributed by atoms with van der Waals surface area (Å²) in [5.74, 6) is 0. The summed E-state index contributed by atoms with van der Waals surface area (Å²) < 4.78 is 4.76. The zero-order valence-corrected chi connectivity index (χ0v) is 59.7. The van der Waals surface area contributed by atoms with Crippen molar-refractivity contribution < 1.29 is 0 Å². The van der Waals surface area contributed by atoms with Crippen molar-refractivity contribution in [3.8, 4) is 44.8 Å². The standard InChI is InChI=1S/C96H94N4/c1-9-12-14-16-18-30-56-96(57-31-19-17-15-13-10-2)86-64-79(97(89-52-46-66(4)58-68(89)6)77-40-32-34-71(60-77)73-48-54-92-84(62-73)70(8)88(11-3)98(92)75-36-22-20-23-37-75)50-51-83(86)95-82-44-27-26-42-80(82)94(65-87(95)96)100(90-53-47-67(5)59-69(90)7)78-41-33-35-72(61-78)74-49-55-93-85(63-74)81-43-28-29-45-91(81)99(93)76-38-24-21-25-39-76/h11,20-29,32-55,58-65H,3,9-10,12-19,30-31,56-57H2,1-2,4-8H3. The minimum Gasteiger partial charge on any atom is -0.310 e. The summed E-state index contributed by atoms with van der Waals surface area (Å²) in [7, 11) is 0. The van der Waals surface area contributed by atoms with Gasteiger partial charge in [-0.25, -0.2) is 0 Å². The molecule has 0 amide bonds. The van der Waals surface area contributed by atoms with Crippen molar-refractivity contribution in [2.24, 2.45) is 0 Å². The molecule has 1 aliphatic rings. The molecule has 2 aromatic heterocycles. The van der Waals surface area contributed by atoms with Gasteiger partial charge < -0.3 is 18.9 Å². The number of fused-ring (bicyclic) bond motifs is 9. The highest BCUT2D eigenvalue weighted by Gasteiger charge is 2.45. The molecule has 0 spiro atoms. The molecule has 4 nitrogen and oxygen atoms in total. The van der Waals surface area contributed by atoms with E-state index in [2.05, 4.69) is 329 Å². The van der Waals surface area contributed by atoms with Crippen LogP contribution in [0.4, 0.5) is 34.1 Å². The van der Waals surface area contributed by atoms with Gasteiger partial charge in [-0.3, -0.25) is 0 Å². The summed E-state index contributed by atoms with van der Waals surface area (Å²) in [6.45, 7) is 20.3. The van der Waals surface area contributed by atoms with E-state index in [4.69, 9.17) is 0 Å². The molecule has 15 rings (SSSR count). The number of aryl methyl sites for hydroxylation is 5. The quantitative estimate of drug-likeness (QED) is 0.0530. The molecule has 12 aromatic carbocycles. The molecule has 0 fully saturated rings. The molecule has 1 aliphatic carbocycles. The molecule has 0 unspecified atom stereocenters. The van der Waals surface area contributed by atoms with Crippen LogP contribution in [0, 0.1) is 34.6 Å². The number of hydrogen-bond donors (Lipinski definition) is 0. The zero-order valence-electron chi connectivity index (χ0n) is 59.7. The lowest BCUT2D eigenvalue weighted by atomic mass is 9.70. The van der Waals surface area contributed by atoms with Gasteiger partial charge in [0, 0.05) is 72.5 Å². The molecule has 0 aliphatic heterocycles. The van der Waals surface area contributed by atoms with Gasteiger partial charge >= 0.3 is 0 Å². The van der Waals surface area contributed by atoms with Crippen molar-refractivity contribution in [3.63, 3.8) is 0 Å². The summed E-state index contributed by atoms with van der Waals surface area (Å²) in [5.41, 5.74) is 30.6. The number of nitrogens with zero attached hydrogens (tertiary/aromatic N) is 4. The minimum atomic E-state index is -0.275.